The van der Waals surface area contributed by atoms with E-state index < -0.39 is 0 Å². The lowest BCUT2D eigenvalue weighted by atomic mass is 10.1. The predicted octanol–water partition coefficient (Wildman–Crippen LogP) is 3.37. The first-order valence-corrected chi connectivity index (χ1v) is 8.76. The largest absolute Gasteiger partial charge is 0.377 e. The van der Waals surface area contributed by atoms with Gasteiger partial charge in [-0.25, -0.2) is 4.98 Å². The summed E-state index contributed by atoms with van der Waals surface area (Å²) in [4.78, 5) is 6.88. The summed E-state index contributed by atoms with van der Waals surface area (Å²) in [6.45, 7) is 3.74. The average molecular weight is 317 g/mol. The second-order valence-electron chi connectivity index (χ2n) is 5.70. The molecular formula is C17H23N3OS. The van der Waals surface area contributed by atoms with Crippen LogP contribution in [0.5, 0.6) is 0 Å². The summed E-state index contributed by atoms with van der Waals surface area (Å²) in [7, 11) is 1.93. The third-order valence-corrected chi connectivity index (χ3v) is 4.73. The number of anilines is 1. The Morgan fingerprint density at radius 3 is 3.09 bits per heavy atom. The van der Waals surface area contributed by atoms with E-state index in [1.165, 1.54) is 24.0 Å². The molecule has 3 rings (SSSR count). The van der Waals surface area contributed by atoms with Crippen LogP contribution in [0.25, 0.3) is 0 Å². The molecule has 4 nitrogen and oxygen atoms in total. The zero-order chi connectivity index (χ0) is 15.2. The van der Waals surface area contributed by atoms with Crippen LogP contribution in [0, 0.1) is 0 Å². The summed E-state index contributed by atoms with van der Waals surface area (Å²) in [5.74, 6) is 0.963. The summed E-state index contributed by atoms with van der Waals surface area (Å²) in [5.41, 5.74) is 2.61. The van der Waals surface area contributed by atoms with E-state index in [1.54, 1.807) is 11.3 Å². The Labute approximate surface area is 136 Å². The molecule has 1 fully saturated rings. The molecule has 0 radical (unpaired) electrons. The van der Waals surface area contributed by atoms with E-state index in [0.29, 0.717) is 6.10 Å². The first-order valence-electron chi connectivity index (χ1n) is 7.82. The van der Waals surface area contributed by atoms with Crippen LogP contribution in [0.3, 0.4) is 0 Å². The van der Waals surface area contributed by atoms with Crippen molar-refractivity contribution in [3.8, 4) is 0 Å². The smallest absolute Gasteiger partial charge is 0.130 e. The minimum atomic E-state index is 0.369. The van der Waals surface area contributed by atoms with Crippen molar-refractivity contribution >= 4 is 17.2 Å². The number of thiophene rings is 1. The first kappa shape index (κ1) is 15.5. The van der Waals surface area contributed by atoms with E-state index in [4.69, 9.17) is 4.74 Å². The number of pyridine rings is 1. The van der Waals surface area contributed by atoms with Crippen molar-refractivity contribution in [3.05, 3.63) is 46.3 Å². The number of hydrogen-bond donors (Lipinski definition) is 1. The Morgan fingerprint density at radius 2 is 2.36 bits per heavy atom. The highest BCUT2D eigenvalue weighted by molar-refractivity contribution is 7.07. The maximum absolute atomic E-state index is 5.83. The number of nitrogens with one attached hydrogen (secondary N) is 1. The molecule has 0 unspecified atom stereocenters. The minimum Gasteiger partial charge on any atom is -0.377 e. The van der Waals surface area contributed by atoms with E-state index in [2.05, 4.69) is 38.1 Å². The lowest BCUT2D eigenvalue weighted by Crippen LogP contribution is -2.31. The Balaban J connectivity index is 1.71. The van der Waals surface area contributed by atoms with Crippen molar-refractivity contribution in [1.29, 1.82) is 0 Å². The highest BCUT2D eigenvalue weighted by atomic mass is 32.1. The molecule has 1 atom stereocenters. The van der Waals surface area contributed by atoms with Crippen molar-refractivity contribution in [3.63, 3.8) is 0 Å². The van der Waals surface area contributed by atoms with E-state index in [9.17, 15) is 0 Å². The molecule has 1 saturated heterocycles. The zero-order valence-corrected chi connectivity index (χ0v) is 13.8. The number of ether oxygens (including phenoxy) is 1. The zero-order valence-electron chi connectivity index (χ0n) is 13.0. The molecule has 118 valence electrons. The second kappa shape index (κ2) is 7.72. The van der Waals surface area contributed by atoms with Crippen LogP contribution in [0.4, 0.5) is 5.82 Å². The first-order chi connectivity index (χ1) is 10.8. The van der Waals surface area contributed by atoms with Crippen LogP contribution in [0.2, 0.25) is 0 Å². The highest BCUT2D eigenvalue weighted by Gasteiger charge is 2.20. The van der Waals surface area contributed by atoms with Crippen molar-refractivity contribution in [1.82, 2.24) is 9.88 Å². The summed E-state index contributed by atoms with van der Waals surface area (Å²) >= 11 is 1.76. The molecule has 0 amide bonds. The van der Waals surface area contributed by atoms with Gasteiger partial charge in [-0.2, -0.15) is 11.3 Å². The topological polar surface area (TPSA) is 37.4 Å². The lowest BCUT2D eigenvalue weighted by molar-refractivity contribution is 0.0680. The molecule has 0 bridgehead atoms. The van der Waals surface area contributed by atoms with Crippen molar-refractivity contribution in [2.75, 3.05) is 25.5 Å². The van der Waals surface area contributed by atoms with Crippen molar-refractivity contribution in [2.45, 2.75) is 32.0 Å². The average Bonchev–Trinajstić information content (AvgIpc) is 3.21. The summed E-state index contributed by atoms with van der Waals surface area (Å²) in [5, 5.41) is 7.55. The number of hydrogen-bond acceptors (Lipinski definition) is 5. The highest BCUT2D eigenvalue weighted by Crippen LogP contribution is 2.20. The standard InChI is InChI=1S/C17H23N3OS/c1-18-17-15(4-2-7-19-17)11-20(10-14-6-9-22-13-14)12-16-5-3-8-21-16/h2,4,6-7,9,13,16H,3,5,8,10-12H2,1H3,(H,18,19)/t16-/m0/s1. The third-order valence-electron chi connectivity index (χ3n) is 3.99. The minimum absolute atomic E-state index is 0.369. The monoisotopic (exact) mass is 317 g/mol. The van der Waals surface area contributed by atoms with Crippen molar-refractivity contribution < 1.29 is 4.74 Å². The van der Waals surface area contributed by atoms with Gasteiger partial charge in [0.05, 0.1) is 6.10 Å². The molecule has 0 spiro atoms. The molecule has 1 aliphatic rings. The van der Waals surface area contributed by atoms with Crippen molar-refractivity contribution in [2.24, 2.45) is 0 Å². The van der Waals surface area contributed by atoms with Crippen LogP contribution in [-0.2, 0) is 17.8 Å². The second-order valence-corrected chi connectivity index (χ2v) is 6.48. The van der Waals surface area contributed by atoms with Crippen LogP contribution in [0.1, 0.15) is 24.0 Å². The Morgan fingerprint density at radius 1 is 1.41 bits per heavy atom. The van der Waals surface area contributed by atoms with Gasteiger partial charge in [-0.05, 0) is 41.3 Å². The van der Waals surface area contributed by atoms with Gasteiger partial charge in [-0.1, -0.05) is 6.07 Å². The summed E-state index contributed by atoms with van der Waals surface area (Å²) in [6, 6.07) is 6.36. The van der Waals surface area contributed by atoms with Crippen LogP contribution in [-0.4, -0.2) is 36.2 Å². The van der Waals surface area contributed by atoms with Gasteiger partial charge in [0.2, 0.25) is 0 Å². The van der Waals surface area contributed by atoms with Gasteiger partial charge in [0.15, 0.2) is 0 Å². The van der Waals surface area contributed by atoms with Gasteiger partial charge in [-0.3, -0.25) is 4.90 Å². The molecule has 22 heavy (non-hydrogen) atoms. The summed E-state index contributed by atoms with van der Waals surface area (Å²) in [6.07, 6.45) is 4.56. The van der Waals surface area contributed by atoms with Gasteiger partial charge >= 0.3 is 0 Å². The maximum atomic E-state index is 5.83. The normalized spacial score (nSPS) is 18.0. The van der Waals surface area contributed by atoms with Crippen LogP contribution >= 0.6 is 11.3 Å². The molecule has 1 aliphatic heterocycles. The van der Waals surface area contributed by atoms with E-state index in [1.807, 2.05) is 19.3 Å². The molecule has 0 aliphatic carbocycles. The molecular weight excluding hydrogens is 294 g/mol. The Bertz CT molecular complexity index is 567. The van der Waals surface area contributed by atoms with Crippen LogP contribution < -0.4 is 5.32 Å². The molecule has 0 saturated carbocycles. The molecule has 0 aromatic carbocycles. The fourth-order valence-electron chi connectivity index (χ4n) is 2.93. The van der Waals surface area contributed by atoms with E-state index in [-0.39, 0.29) is 0 Å². The van der Waals surface area contributed by atoms with Gasteiger partial charge in [0.1, 0.15) is 5.82 Å². The molecule has 5 heteroatoms. The van der Waals surface area contributed by atoms with E-state index >= 15 is 0 Å². The Kier molecular flexibility index (Phi) is 5.43. The van der Waals surface area contributed by atoms with Gasteiger partial charge < -0.3 is 10.1 Å². The van der Waals surface area contributed by atoms with Gasteiger partial charge in [0.25, 0.3) is 0 Å². The molecule has 1 N–H and O–H groups in total. The molecule has 3 heterocycles. The lowest BCUT2D eigenvalue weighted by Gasteiger charge is -2.25. The molecule has 2 aromatic heterocycles. The number of aromatic nitrogens is 1. The predicted molar refractivity (Wildman–Crippen MR) is 91.2 cm³/mol. The quantitative estimate of drug-likeness (QED) is 0.849. The molecule has 2 aromatic rings. The maximum Gasteiger partial charge on any atom is 0.130 e. The SMILES string of the molecule is CNc1ncccc1CN(Cc1ccsc1)C[C@@H]1CCCO1. The number of rotatable bonds is 7. The van der Waals surface area contributed by atoms with Gasteiger partial charge in [-0.15, -0.1) is 0 Å². The fraction of sp³-hybridized carbons (Fsp3) is 0.471. The van der Waals surface area contributed by atoms with Crippen LogP contribution in [0.15, 0.2) is 35.2 Å². The Hall–Kier alpha value is -1.43. The van der Waals surface area contributed by atoms with Gasteiger partial charge in [0, 0.05) is 45.0 Å². The third kappa shape index (κ3) is 4.06. The summed E-state index contributed by atoms with van der Waals surface area (Å²) < 4.78 is 5.83. The number of nitrogens with zero attached hydrogens (tertiary/aromatic N) is 2. The fourth-order valence-corrected chi connectivity index (χ4v) is 3.59. The van der Waals surface area contributed by atoms with E-state index in [0.717, 1.165) is 32.1 Å².